The van der Waals surface area contributed by atoms with E-state index in [2.05, 4.69) is 0 Å². The van der Waals surface area contributed by atoms with E-state index < -0.39 is 23.5 Å². The Labute approximate surface area is 231 Å². The fraction of sp³-hybridized carbons (Fsp3) is 0.296. The molecule has 0 radical (unpaired) electrons. The highest BCUT2D eigenvalue weighted by Crippen LogP contribution is 2.40. The molecule has 0 spiro atoms. The first-order chi connectivity index (χ1) is 18.0. The van der Waals surface area contributed by atoms with E-state index in [0.29, 0.717) is 35.0 Å². The van der Waals surface area contributed by atoms with Crippen LogP contribution in [-0.2, 0) is 38.7 Å². The second-order valence-corrected chi connectivity index (χ2v) is 8.54. The number of benzene rings is 3. The Kier molecular flexibility index (Phi) is 9.09. The number of alkyl halides is 6. The smallest absolute Gasteiger partial charge is 0.419 e. The van der Waals surface area contributed by atoms with Crippen molar-refractivity contribution in [1.29, 1.82) is 0 Å². The summed E-state index contributed by atoms with van der Waals surface area (Å²) in [4.78, 5) is 0. The Balaban J connectivity index is 0.00000420. The molecule has 0 saturated heterocycles. The summed E-state index contributed by atoms with van der Waals surface area (Å²) in [6.07, 6.45) is -8.62. The number of aryl methyl sites for hydroxylation is 2. The summed E-state index contributed by atoms with van der Waals surface area (Å²) < 4.78 is 96.2. The second-order valence-electron chi connectivity index (χ2n) is 8.54. The predicted octanol–water partition coefficient (Wildman–Crippen LogP) is 3.75. The minimum Gasteiger partial charge on any atom is -1.00 e. The van der Waals surface area contributed by atoms with Crippen LogP contribution in [0.4, 0.5) is 32.3 Å². The van der Waals surface area contributed by atoms with Crippen molar-refractivity contribution in [3.05, 3.63) is 82.9 Å². The van der Waals surface area contributed by atoms with Crippen molar-refractivity contribution in [2.45, 2.75) is 52.5 Å². The molecule has 2 N–H and O–H groups in total. The SMILES string of the molecule is CCc1cccc(C(F)(F)F)c1OCn1c(N)[n+](COc2c(CC)cccc2C(F)(F)F)c2ccccc21.[Br-]. The van der Waals surface area contributed by atoms with Crippen LogP contribution in [0.15, 0.2) is 60.7 Å². The lowest BCUT2D eigenvalue weighted by Crippen LogP contribution is -3.00. The van der Waals surface area contributed by atoms with Gasteiger partial charge < -0.3 is 26.5 Å². The van der Waals surface area contributed by atoms with Gasteiger partial charge in [0.25, 0.3) is 0 Å². The third-order valence-corrected chi connectivity index (χ3v) is 6.26. The lowest BCUT2D eigenvalue weighted by atomic mass is 10.1. The number of fused-ring (bicyclic) bond motifs is 1. The van der Waals surface area contributed by atoms with Gasteiger partial charge in [-0.1, -0.05) is 50.2 Å². The lowest BCUT2D eigenvalue weighted by molar-refractivity contribution is -0.687. The van der Waals surface area contributed by atoms with Crippen LogP contribution in [0, 0.1) is 0 Å². The lowest BCUT2D eigenvalue weighted by Gasteiger charge is -2.17. The molecule has 0 bridgehead atoms. The highest BCUT2D eigenvalue weighted by atomic mass is 79.9. The number of nitrogen functional groups attached to an aromatic ring is 1. The molecule has 1 heterocycles. The normalized spacial score (nSPS) is 11.9. The van der Waals surface area contributed by atoms with Crippen molar-refractivity contribution in [2.24, 2.45) is 0 Å². The summed E-state index contributed by atoms with van der Waals surface area (Å²) in [5.41, 5.74) is 6.32. The third kappa shape index (κ3) is 6.10. The van der Waals surface area contributed by atoms with Gasteiger partial charge in [0.15, 0.2) is 0 Å². The number of nitrogens with two attached hydrogens (primary N) is 1. The van der Waals surface area contributed by atoms with Gasteiger partial charge in [0.1, 0.15) is 22.5 Å². The van der Waals surface area contributed by atoms with Crippen molar-refractivity contribution < 1.29 is 57.4 Å². The number of ether oxygens (including phenoxy) is 2. The molecule has 210 valence electrons. The Morgan fingerprint density at radius 1 is 0.744 bits per heavy atom. The standard InChI is InChI=1S/C27H25F6N3O2.BrH/c1-3-17-9-7-11-19(26(28,29)30)23(17)37-15-35-21-13-5-6-14-22(21)36(25(35)34)16-38-24-18(4-2)10-8-12-20(24)27(31,32)33;/h5-14,34H,3-4,15-16H2,1-2H3;1H. The molecule has 4 rings (SSSR count). The first kappa shape index (κ1) is 30.1. The molecule has 0 fully saturated rings. The third-order valence-electron chi connectivity index (χ3n) is 6.26. The molecular weight excluding hydrogens is 592 g/mol. The molecule has 12 heteroatoms. The molecule has 0 saturated carbocycles. The molecule has 0 atom stereocenters. The molecule has 4 aromatic rings. The van der Waals surface area contributed by atoms with Crippen molar-refractivity contribution in [1.82, 2.24) is 4.57 Å². The summed E-state index contributed by atoms with van der Waals surface area (Å²) in [5.74, 6) is -0.556. The van der Waals surface area contributed by atoms with Crippen molar-refractivity contribution in [2.75, 3.05) is 5.73 Å². The molecule has 39 heavy (non-hydrogen) atoms. The number of imidazole rings is 1. The minimum atomic E-state index is -4.62. The van der Waals surface area contributed by atoms with Crippen LogP contribution in [0.2, 0.25) is 0 Å². The van der Waals surface area contributed by atoms with Gasteiger partial charge in [-0.3, -0.25) is 5.73 Å². The largest absolute Gasteiger partial charge is 1.00 e. The van der Waals surface area contributed by atoms with E-state index in [1.165, 1.54) is 21.3 Å². The summed E-state index contributed by atoms with van der Waals surface area (Å²) in [7, 11) is 0. The molecule has 0 aliphatic rings. The molecule has 0 aliphatic heterocycles. The molecule has 0 amide bonds. The Morgan fingerprint density at radius 2 is 1.26 bits per heavy atom. The van der Waals surface area contributed by atoms with E-state index in [-0.39, 0.29) is 47.9 Å². The van der Waals surface area contributed by atoms with Crippen LogP contribution >= 0.6 is 0 Å². The Morgan fingerprint density at radius 3 is 1.77 bits per heavy atom. The number of anilines is 1. The summed E-state index contributed by atoms with van der Waals surface area (Å²) in [6.45, 7) is 2.71. The molecule has 3 aromatic carbocycles. The fourth-order valence-electron chi connectivity index (χ4n) is 4.36. The summed E-state index contributed by atoms with van der Waals surface area (Å²) >= 11 is 0. The van der Waals surface area contributed by atoms with Gasteiger partial charge in [-0.05, 0) is 48.2 Å². The van der Waals surface area contributed by atoms with Crippen LogP contribution in [-0.4, -0.2) is 4.57 Å². The first-order valence-corrected chi connectivity index (χ1v) is 11.9. The van der Waals surface area contributed by atoms with E-state index in [1.807, 2.05) is 0 Å². The van der Waals surface area contributed by atoms with E-state index >= 15 is 0 Å². The quantitative estimate of drug-likeness (QED) is 0.242. The van der Waals surface area contributed by atoms with Crippen LogP contribution < -0.4 is 36.8 Å². The Bertz CT molecular complexity index is 1340. The van der Waals surface area contributed by atoms with Gasteiger partial charge in [-0.15, -0.1) is 0 Å². The maximum Gasteiger partial charge on any atom is 0.419 e. The minimum absolute atomic E-state index is 0. The molecular formula is C27H26BrF6N3O2. The van der Waals surface area contributed by atoms with Crippen molar-refractivity contribution >= 4 is 17.0 Å². The number of rotatable bonds is 8. The van der Waals surface area contributed by atoms with Gasteiger partial charge in [0, 0.05) is 0 Å². The highest BCUT2D eigenvalue weighted by molar-refractivity contribution is 5.73. The Hall–Kier alpha value is -3.41. The number of hydrogen-bond donors (Lipinski definition) is 1. The zero-order valence-electron chi connectivity index (χ0n) is 21.0. The number of hydrogen-bond acceptors (Lipinski definition) is 3. The van der Waals surface area contributed by atoms with E-state index in [0.717, 1.165) is 12.1 Å². The van der Waals surface area contributed by atoms with Crippen molar-refractivity contribution in [3.8, 4) is 11.5 Å². The summed E-state index contributed by atoms with van der Waals surface area (Å²) in [6, 6.07) is 14.4. The van der Waals surface area contributed by atoms with E-state index in [1.54, 1.807) is 50.2 Å². The topological polar surface area (TPSA) is 53.3 Å². The van der Waals surface area contributed by atoms with Gasteiger partial charge in [-0.25, -0.2) is 0 Å². The average molecular weight is 618 g/mol. The number of para-hydroxylation sites is 4. The van der Waals surface area contributed by atoms with Crippen LogP contribution in [0.1, 0.15) is 36.1 Å². The average Bonchev–Trinajstić information content (AvgIpc) is 3.14. The zero-order valence-corrected chi connectivity index (χ0v) is 22.6. The van der Waals surface area contributed by atoms with Gasteiger partial charge in [-0.2, -0.15) is 35.5 Å². The highest BCUT2D eigenvalue weighted by Gasteiger charge is 2.37. The van der Waals surface area contributed by atoms with Gasteiger partial charge in [0.05, 0.1) is 11.1 Å². The molecule has 5 nitrogen and oxygen atoms in total. The maximum absolute atomic E-state index is 13.7. The molecule has 0 unspecified atom stereocenters. The molecule has 1 aromatic heterocycles. The van der Waals surface area contributed by atoms with E-state index in [9.17, 15) is 26.3 Å². The predicted molar refractivity (Wildman–Crippen MR) is 129 cm³/mol. The summed E-state index contributed by atoms with van der Waals surface area (Å²) in [5, 5.41) is 0. The fourth-order valence-corrected chi connectivity index (χ4v) is 4.36. The van der Waals surface area contributed by atoms with Crippen molar-refractivity contribution in [3.63, 3.8) is 0 Å². The van der Waals surface area contributed by atoms with Crippen LogP contribution in [0.25, 0.3) is 11.0 Å². The first-order valence-electron chi connectivity index (χ1n) is 11.9. The zero-order chi connectivity index (χ0) is 27.7. The van der Waals surface area contributed by atoms with Gasteiger partial charge >= 0.3 is 18.3 Å². The monoisotopic (exact) mass is 617 g/mol. The number of aromatic nitrogens is 2. The maximum atomic E-state index is 13.7. The number of nitrogens with zero attached hydrogens (tertiary/aromatic N) is 2. The van der Waals surface area contributed by atoms with Crippen LogP contribution in [0.3, 0.4) is 0 Å². The van der Waals surface area contributed by atoms with Gasteiger partial charge in [0.2, 0.25) is 13.5 Å². The van der Waals surface area contributed by atoms with E-state index in [4.69, 9.17) is 15.2 Å². The second kappa shape index (κ2) is 11.8. The van der Waals surface area contributed by atoms with Crippen LogP contribution in [0.5, 0.6) is 11.5 Å². The molecule has 0 aliphatic carbocycles. The number of halogens is 7.